The van der Waals surface area contributed by atoms with E-state index in [2.05, 4.69) is 23.5 Å². The highest BCUT2D eigenvalue weighted by molar-refractivity contribution is 7.10. The van der Waals surface area contributed by atoms with E-state index >= 15 is 0 Å². The minimum absolute atomic E-state index is 0.112. The van der Waals surface area contributed by atoms with Crippen LogP contribution in [0.1, 0.15) is 28.5 Å². The maximum Gasteiger partial charge on any atom is 0.317 e. The predicted molar refractivity (Wildman–Crippen MR) is 97.8 cm³/mol. The Balaban J connectivity index is 1.73. The highest BCUT2D eigenvalue weighted by Crippen LogP contribution is 2.27. The molecule has 2 atom stereocenters. The number of aliphatic carboxylic acids is 1. The van der Waals surface area contributed by atoms with Crippen LogP contribution < -0.4 is 5.32 Å². The molecule has 1 saturated heterocycles. The number of likely N-dealkylation sites (tertiary alicyclic amines) is 1. The van der Waals surface area contributed by atoms with Crippen molar-refractivity contribution < 1.29 is 14.7 Å². The summed E-state index contributed by atoms with van der Waals surface area (Å²) in [7, 11) is 0. The van der Waals surface area contributed by atoms with Gasteiger partial charge in [-0.3, -0.25) is 4.79 Å². The van der Waals surface area contributed by atoms with E-state index in [0.717, 1.165) is 16.0 Å². The van der Waals surface area contributed by atoms with Gasteiger partial charge in [-0.1, -0.05) is 30.3 Å². The van der Waals surface area contributed by atoms with Crippen molar-refractivity contribution in [2.45, 2.75) is 25.8 Å². The summed E-state index contributed by atoms with van der Waals surface area (Å²) in [6.07, 6.45) is 1.23. The Bertz CT molecular complexity index is 744. The summed E-state index contributed by atoms with van der Waals surface area (Å²) in [6, 6.07) is 11.8. The van der Waals surface area contributed by atoms with Crippen molar-refractivity contribution in [3.63, 3.8) is 0 Å². The first-order valence-electron chi connectivity index (χ1n) is 8.40. The Morgan fingerprint density at radius 2 is 2.08 bits per heavy atom. The van der Waals surface area contributed by atoms with Gasteiger partial charge in [0.15, 0.2) is 0 Å². The molecule has 2 heterocycles. The molecule has 0 saturated carbocycles. The quantitative estimate of drug-likeness (QED) is 0.860. The van der Waals surface area contributed by atoms with Crippen molar-refractivity contribution in [3.8, 4) is 0 Å². The molecular weight excluding hydrogens is 336 g/mol. The zero-order chi connectivity index (χ0) is 17.8. The molecule has 1 aromatic carbocycles. The van der Waals surface area contributed by atoms with Gasteiger partial charge < -0.3 is 15.3 Å². The second kappa shape index (κ2) is 7.70. The molecule has 1 aliphatic rings. The molecule has 0 aliphatic carbocycles. The molecule has 3 rings (SSSR count). The number of nitrogens with zero attached hydrogens (tertiary/aromatic N) is 1. The van der Waals surface area contributed by atoms with E-state index in [-0.39, 0.29) is 18.6 Å². The normalized spacial score (nSPS) is 18.1. The molecule has 25 heavy (non-hydrogen) atoms. The predicted octanol–water partition coefficient (Wildman–Crippen LogP) is 3.46. The Labute approximate surface area is 151 Å². The third kappa shape index (κ3) is 4.20. The first-order chi connectivity index (χ1) is 12.0. The van der Waals surface area contributed by atoms with Gasteiger partial charge in [-0.25, -0.2) is 4.79 Å². The summed E-state index contributed by atoms with van der Waals surface area (Å²) >= 11 is 1.64. The molecule has 6 heteroatoms. The number of hydrogen-bond donors (Lipinski definition) is 2. The third-order valence-corrected chi connectivity index (χ3v) is 5.76. The van der Waals surface area contributed by atoms with Crippen molar-refractivity contribution in [1.29, 1.82) is 0 Å². The molecular formula is C19H22N2O3S. The molecule has 2 unspecified atom stereocenters. The molecule has 0 spiro atoms. The lowest BCUT2D eigenvalue weighted by Crippen LogP contribution is -2.41. The van der Waals surface area contributed by atoms with E-state index < -0.39 is 11.9 Å². The molecule has 0 bridgehead atoms. The van der Waals surface area contributed by atoms with Gasteiger partial charge in [0.1, 0.15) is 0 Å². The van der Waals surface area contributed by atoms with Gasteiger partial charge in [0.2, 0.25) is 0 Å². The molecule has 0 radical (unpaired) electrons. The topological polar surface area (TPSA) is 69.6 Å². The van der Waals surface area contributed by atoms with Crippen LogP contribution in [0.3, 0.4) is 0 Å². The van der Waals surface area contributed by atoms with Gasteiger partial charge in [0, 0.05) is 18.0 Å². The van der Waals surface area contributed by atoms with Crippen LogP contribution in [0.5, 0.6) is 0 Å². The molecule has 1 fully saturated rings. The second-order valence-electron chi connectivity index (χ2n) is 6.43. The van der Waals surface area contributed by atoms with E-state index in [4.69, 9.17) is 5.11 Å². The average molecular weight is 358 g/mol. The first kappa shape index (κ1) is 17.5. The molecule has 1 aromatic heterocycles. The maximum absolute atomic E-state index is 12.6. The Morgan fingerprint density at radius 3 is 2.68 bits per heavy atom. The Kier molecular flexibility index (Phi) is 5.38. The summed E-state index contributed by atoms with van der Waals surface area (Å²) in [5.74, 6) is -1.29. The summed E-state index contributed by atoms with van der Waals surface area (Å²) in [5.41, 5.74) is 2.32. The van der Waals surface area contributed by atoms with Crippen LogP contribution in [-0.2, 0) is 11.2 Å². The molecule has 2 N–H and O–H groups in total. The van der Waals surface area contributed by atoms with Crippen molar-refractivity contribution in [2.75, 3.05) is 13.1 Å². The summed E-state index contributed by atoms with van der Waals surface area (Å²) in [5, 5.41) is 14.3. The van der Waals surface area contributed by atoms with Crippen LogP contribution in [0.15, 0.2) is 41.8 Å². The highest BCUT2D eigenvalue weighted by Gasteiger charge is 2.32. The number of urea groups is 1. The van der Waals surface area contributed by atoms with Crippen LogP contribution >= 0.6 is 11.3 Å². The Morgan fingerprint density at radius 1 is 1.32 bits per heavy atom. The SMILES string of the molecule is Cc1ccsc1C(Cc1ccccc1)NC(=O)N1CCC(C(=O)O)C1. The van der Waals surface area contributed by atoms with Gasteiger partial charge in [0.25, 0.3) is 0 Å². The number of hydrogen-bond acceptors (Lipinski definition) is 3. The average Bonchev–Trinajstić information content (AvgIpc) is 3.24. The van der Waals surface area contributed by atoms with Crippen molar-refractivity contribution in [1.82, 2.24) is 10.2 Å². The number of thiophene rings is 1. The van der Waals surface area contributed by atoms with Crippen LogP contribution in [-0.4, -0.2) is 35.1 Å². The van der Waals surface area contributed by atoms with Gasteiger partial charge in [-0.2, -0.15) is 0 Å². The van der Waals surface area contributed by atoms with E-state index in [1.165, 1.54) is 0 Å². The molecule has 2 amide bonds. The zero-order valence-corrected chi connectivity index (χ0v) is 15.0. The molecule has 1 aliphatic heterocycles. The van der Waals surface area contributed by atoms with Gasteiger partial charge in [-0.15, -0.1) is 11.3 Å². The summed E-state index contributed by atoms with van der Waals surface area (Å²) in [4.78, 5) is 26.5. The van der Waals surface area contributed by atoms with Crippen molar-refractivity contribution >= 4 is 23.3 Å². The summed E-state index contributed by atoms with van der Waals surface area (Å²) < 4.78 is 0. The lowest BCUT2D eigenvalue weighted by Gasteiger charge is -2.23. The van der Waals surface area contributed by atoms with Crippen molar-refractivity contribution in [3.05, 3.63) is 57.8 Å². The number of carboxylic acid groups (broad SMARTS) is 1. The lowest BCUT2D eigenvalue weighted by molar-refractivity contribution is -0.141. The molecule has 132 valence electrons. The lowest BCUT2D eigenvalue weighted by atomic mass is 10.0. The second-order valence-corrected chi connectivity index (χ2v) is 7.38. The minimum atomic E-state index is -0.828. The number of carbonyl (C=O) groups is 2. The van der Waals surface area contributed by atoms with Gasteiger partial charge >= 0.3 is 12.0 Å². The first-order valence-corrected chi connectivity index (χ1v) is 9.28. The van der Waals surface area contributed by atoms with Crippen LogP contribution in [0.25, 0.3) is 0 Å². The Hall–Kier alpha value is -2.34. The maximum atomic E-state index is 12.6. The standard InChI is InChI=1S/C19H22N2O3S/c1-13-8-10-25-17(13)16(11-14-5-3-2-4-6-14)20-19(24)21-9-7-15(12-21)18(22)23/h2-6,8,10,15-16H,7,9,11-12H2,1H3,(H,20,24)(H,22,23). The number of benzene rings is 1. The van der Waals surface area contributed by atoms with Gasteiger partial charge in [-0.05, 0) is 42.3 Å². The highest BCUT2D eigenvalue weighted by atomic mass is 32.1. The van der Waals surface area contributed by atoms with E-state index in [1.54, 1.807) is 16.2 Å². The smallest absolute Gasteiger partial charge is 0.317 e. The number of carbonyl (C=O) groups excluding carboxylic acids is 1. The largest absolute Gasteiger partial charge is 0.481 e. The fourth-order valence-corrected chi connectivity index (χ4v) is 4.17. The van der Waals surface area contributed by atoms with Crippen LogP contribution in [0, 0.1) is 12.8 Å². The van der Waals surface area contributed by atoms with E-state index in [9.17, 15) is 9.59 Å². The van der Waals surface area contributed by atoms with Crippen LogP contribution in [0.4, 0.5) is 4.79 Å². The monoisotopic (exact) mass is 358 g/mol. The van der Waals surface area contributed by atoms with E-state index in [1.807, 2.05) is 30.5 Å². The number of aryl methyl sites for hydroxylation is 1. The molecule has 2 aromatic rings. The van der Waals surface area contributed by atoms with E-state index in [0.29, 0.717) is 19.4 Å². The zero-order valence-electron chi connectivity index (χ0n) is 14.1. The number of amides is 2. The fraction of sp³-hybridized carbons (Fsp3) is 0.368. The fourth-order valence-electron chi connectivity index (χ4n) is 3.19. The van der Waals surface area contributed by atoms with Crippen LogP contribution in [0.2, 0.25) is 0 Å². The number of nitrogens with one attached hydrogen (secondary N) is 1. The molecule has 5 nitrogen and oxygen atoms in total. The van der Waals surface area contributed by atoms with Crippen molar-refractivity contribution in [2.24, 2.45) is 5.92 Å². The van der Waals surface area contributed by atoms with Gasteiger partial charge in [0.05, 0.1) is 12.0 Å². The number of rotatable bonds is 5. The third-order valence-electron chi connectivity index (χ3n) is 4.62. The minimum Gasteiger partial charge on any atom is -0.481 e. The number of carboxylic acids is 1. The summed E-state index contributed by atoms with van der Waals surface area (Å²) in [6.45, 7) is 2.82.